The number of carbonyl (C=O) groups is 1. The standard InChI is InChI=1S/C22H24N4O/c1-15-9-11-18(12-10-15)14-23-21(27)20-13-16(2)24-22(26-20)25-17(3)19-7-5-4-6-8-19/h4-13,17H,14H2,1-3H3,(H,23,27)(H,24,25,26). The van der Waals surface area contributed by atoms with E-state index in [9.17, 15) is 4.79 Å². The van der Waals surface area contributed by atoms with Crippen molar-refractivity contribution in [3.63, 3.8) is 0 Å². The van der Waals surface area contributed by atoms with Crippen LogP contribution in [-0.4, -0.2) is 15.9 Å². The Morgan fingerprint density at radius 2 is 1.70 bits per heavy atom. The Morgan fingerprint density at radius 1 is 1.00 bits per heavy atom. The third-order valence-electron chi connectivity index (χ3n) is 4.31. The summed E-state index contributed by atoms with van der Waals surface area (Å²) in [5.74, 6) is 0.239. The number of amides is 1. The van der Waals surface area contributed by atoms with E-state index in [1.165, 1.54) is 5.56 Å². The smallest absolute Gasteiger partial charge is 0.270 e. The molecule has 0 radical (unpaired) electrons. The Hall–Kier alpha value is -3.21. The van der Waals surface area contributed by atoms with Crippen molar-refractivity contribution in [2.75, 3.05) is 5.32 Å². The molecule has 0 aliphatic heterocycles. The Kier molecular flexibility index (Phi) is 5.81. The molecule has 0 spiro atoms. The number of carbonyl (C=O) groups excluding carboxylic acids is 1. The lowest BCUT2D eigenvalue weighted by Gasteiger charge is -2.15. The first kappa shape index (κ1) is 18.6. The van der Waals surface area contributed by atoms with Crippen LogP contribution in [0, 0.1) is 13.8 Å². The summed E-state index contributed by atoms with van der Waals surface area (Å²) in [7, 11) is 0. The lowest BCUT2D eigenvalue weighted by atomic mass is 10.1. The fourth-order valence-corrected chi connectivity index (χ4v) is 2.75. The molecule has 0 bridgehead atoms. The van der Waals surface area contributed by atoms with Gasteiger partial charge in [-0.2, -0.15) is 0 Å². The SMILES string of the molecule is Cc1ccc(CNC(=O)c2cc(C)nc(NC(C)c3ccccc3)n2)cc1. The quantitative estimate of drug-likeness (QED) is 0.691. The molecule has 0 aliphatic rings. The molecule has 0 aliphatic carbocycles. The van der Waals surface area contributed by atoms with E-state index in [-0.39, 0.29) is 11.9 Å². The van der Waals surface area contributed by atoms with Gasteiger partial charge in [0.1, 0.15) is 5.69 Å². The van der Waals surface area contributed by atoms with E-state index in [0.29, 0.717) is 18.2 Å². The van der Waals surface area contributed by atoms with Gasteiger partial charge < -0.3 is 10.6 Å². The molecule has 3 aromatic rings. The van der Waals surface area contributed by atoms with Crippen molar-refractivity contribution in [1.29, 1.82) is 0 Å². The number of nitrogens with zero attached hydrogens (tertiary/aromatic N) is 2. The van der Waals surface area contributed by atoms with Gasteiger partial charge in [-0.25, -0.2) is 9.97 Å². The third kappa shape index (κ3) is 5.14. The minimum Gasteiger partial charge on any atom is -0.348 e. The van der Waals surface area contributed by atoms with E-state index in [4.69, 9.17) is 0 Å². The summed E-state index contributed by atoms with van der Waals surface area (Å²) in [5.41, 5.74) is 4.48. The number of anilines is 1. The zero-order valence-corrected chi connectivity index (χ0v) is 15.9. The molecule has 0 saturated heterocycles. The largest absolute Gasteiger partial charge is 0.348 e. The zero-order valence-electron chi connectivity index (χ0n) is 15.9. The van der Waals surface area contributed by atoms with Gasteiger partial charge in [-0.1, -0.05) is 60.2 Å². The van der Waals surface area contributed by atoms with Crippen LogP contribution in [0.3, 0.4) is 0 Å². The second-order valence-corrected chi connectivity index (χ2v) is 6.66. The number of aryl methyl sites for hydroxylation is 2. The van der Waals surface area contributed by atoms with Crippen LogP contribution in [0.15, 0.2) is 60.7 Å². The fraction of sp³-hybridized carbons (Fsp3) is 0.227. The molecule has 1 atom stereocenters. The first-order chi connectivity index (χ1) is 13.0. The molecule has 2 N–H and O–H groups in total. The predicted octanol–water partition coefficient (Wildman–Crippen LogP) is 4.20. The molecule has 5 heteroatoms. The Balaban J connectivity index is 1.68. The van der Waals surface area contributed by atoms with Crippen LogP contribution >= 0.6 is 0 Å². The van der Waals surface area contributed by atoms with E-state index in [1.54, 1.807) is 6.07 Å². The molecule has 1 aromatic heterocycles. The van der Waals surface area contributed by atoms with Gasteiger partial charge in [0.05, 0.1) is 6.04 Å². The van der Waals surface area contributed by atoms with Crippen molar-refractivity contribution in [3.05, 3.63) is 88.7 Å². The molecular formula is C22H24N4O. The number of aromatic nitrogens is 2. The Bertz CT molecular complexity index is 907. The van der Waals surface area contributed by atoms with Crippen LogP contribution in [0.2, 0.25) is 0 Å². The van der Waals surface area contributed by atoms with Gasteiger partial charge in [0.2, 0.25) is 5.95 Å². The lowest BCUT2D eigenvalue weighted by Crippen LogP contribution is -2.24. The van der Waals surface area contributed by atoms with Crippen LogP contribution in [0.5, 0.6) is 0 Å². The van der Waals surface area contributed by atoms with Crippen LogP contribution in [-0.2, 0) is 6.54 Å². The predicted molar refractivity (Wildman–Crippen MR) is 108 cm³/mol. The first-order valence-corrected chi connectivity index (χ1v) is 9.02. The summed E-state index contributed by atoms with van der Waals surface area (Å²) in [6.45, 7) is 6.40. The molecule has 3 rings (SSSR count). The molecule has 2 aromatic carbocycles. The number of benzene rings is 2. The second-order valence-electron chi connectivity index (χ2n) is 6.66. The van der Waals surface area contributed by atoms with Crippen LogP contribution in [0.4, 0.5) is 5.95 Å². The monoisotopic (exact) mass is 360 g/mol. The van der Waals surface area contributed by atoms with E-state index in [2.05, 4.69) is 20.6 Å². The number of hydrogen-bond donors (Lipinski definition) is 2. The van der Waals surface area contributed by atoms with E-state index >= 15 is 0 Å². The molecule has 1 amide bonds. The van der Waals surface area contributed by atoms with Crippen molar-refractivity contribution in [1.82, 2.24) is 15.3 Å². The molecule has 0 saturated carbocycles. The highest BCUT2D eigenvalue weighted by molar-refractivity contribution is 5.92. The molecule has 1 heterocycles. The molecule has 27 heavy (non-hydrogen) atoms. The number of nitrogens with one attached hydrogen (secondary N) is 2. The van der Waals surface area contributed by atoms with Crippen molar-refractivity contribution in [2.45, 2.75) is 33.4 Å². The summed E-state index contributed by atoms with van der Waals surface area (Å²) in [4.78, 5) is 21.3. The number of hydrogen-bond acceptors (Lipinski definition) is 4. The Morgan fingerprint density at radius 3 is 2.41 bits per heavy atom. The number of rotatable bonds is 6. The summed E-state index contributed by atoms with van der Waals surface area (Å²) in [6, 6.07) is 19.9. The van der Waals surface area contributed by atoms with Crippen molar-refractivity contribution in [3.8, 4) is 0 Å². The van der Waals surface area contributed by atoms with Crippen LogP contribution in [0.25, 0.3) is 0 Å². The van der Waals surface area contributed by atoms with Gasteiger partial charge in [-0.3, -0.25) is 4.79 Å². The van der Waals surface area contributed by atoms with E-state index in [0.717, 1.165) is 16.8 Å². The minimum absolute atomic E-state index is 0.0384. The highest BCUT2D eigenvalue weighted by Crippen LogP contribution is 2.17. The zero-order chi connectivity index (χ0) is 19.2. The van der Waals surface area contributed by atoms with Crippen molar-refractivity contribution >= 4 is 11.9 Å². The van der Waals surface area contributed by atoms with E-state index < -0.39 is 0 Å². The van der Waals surface area contributed by atoms with Crippen molar-refractivity contribution < 1.29 is 4.79 Å². The molecule has 138 valence electrons. The summed E-state index contributed by atoms with van der Waals surface area (Å²) < 4.78 is 0. The van der Waals surface area contributed by atoms with Crippen LogP contribution in [0.1, 0.15) is 45.8 Å². The average molecular weight is 360 g/mol. The summed E-state index contributed by atoms with van der Waals surface area (Å²) in [6.07, 6.45) is 0. The summed E-state index contributed by atoms with van der Waals surface area (Å²) >= 11 is 0. The lowest BCUT2D eigenvalue weighted by molar-refractivity contribution is 0.0945. The third-order valence-corrected chi connectivity index (χ3v) is 4.31. The highest BCUT2D eigenvalue weighted by Gasteiger charge is 2.12. The van der Waals surface area contributed by atoms with Crippen LogP contribution < -0.4 is 10.6 Å². The maximum absolute atomic E-state index is 12.5. The highest BCUT2D eigenvalue weighted by atomic mass is 16.1. The average Bonchev–Trinajstić information content (AvgIpc) is 2.67. The first-order valence-electron chi connectivity index (χ1n) is 9.02. The molecule has 0 fully saturated rings. The molecular weight excluding hydrogens is 336 g/mol. The second kappa shape index (κ2) is 8.45. The normalized spacial score (nSPS) is 11.7. The Labute approximate surface area is 159 Å². The molecule has 1 unspecified atom stereocenters. The van der Waals surface area contributed by atoms with Gasteiger partial charge in [0.25, 0.3) is 5.91 Å². The molecule has 5 nitrogen and oxygen atoms in total. The minimum atomic E-state index is -0.212. The van der Waals surface area contributed by atoms with Gasteiger partial charge in [0.15, 0.2) is 0 Å². The maximum atomic E-state index is 12.5. The summed E-state index contributed by atoms with van der Waals surface area (Å²) in [5, 5.41) is 6.19. The van der Waals surface area contributed by atoms with Gasteiger partial charge in [-0.05, 0) is 38.0 Å². The van der Waals surface area contributed by atoms with Gasteiger partial charge in [0, 0.05) is 12.2 Å². The maximum Gasteiger partial charge on any atom is 0.270 e. The van der Waals surface area contributed by atoms with Gasteiger partial charge in [-0.15, -0.1) is 0 Å². The topological polar surface area (TPSA) is 66.9 Å². The van der Waals surface area contributed by atoms with Gasteiger partial charge >= 0.3 is 0 Å². The van der Waals surface area contributed by atoms with Crippen molar-refractivity contribution in [2.24, 2.45) is 0 Å². The fourth-order valence-electron chi connectivity index (χ4n) is 2.75. The van der Waals surface area contributed by atoms with E-state index in [1.807, 2.05) is 75.4 Å².